The Morgan fingerprint density at radius 1 is 1.50 bits per heavy atom. The highest BCUT2D eigenvalue weighted by atomic mass is 35.5. The van der Waals surface area contributed by atoms with Crippen molar-refractivity contribution in [1.29, 1.82) is 0 Å². The zero-order valence-electron chi connectivity index (χ0n) is 8.97. The largest absolute Gasteiger partial charge is 0.505 e. The van der Waals surface area contributed by atoms with Crippen LogP contribution in [0.1, 0.15) is 18.4 Å². The van der Waals surface area contributed by atoms with E-state index in [1.54, 1.807) is 6.07 Å². The molecular formula is C12H15ClFNO. The summed E-state index contributed by atoms with van der Waals surface area (Å²) in [7, 11) is 0. The van der Waals surface area contributed by atoms with Crippen molar-refractivity contribution in [1.82, 2.24) is 5.32 Å². The van der Waals surface area contributed by atoms with Crippen molar-refractivity contribution < 1.29 is 9.50 Å². The number of rotatable bonds is 2. The van der Waals surface area contributed by atoms with Crippen LogP contribution in [0.2, 0.25) is 5.02 Å². The minimum atomic E-state index is -0.729. The molecule has 1 aliphatic rings. The first-order valence-electron chi connectivity index (χ1n) is 5.54. The van der Waals surface area contributed by atoms with E-state index in [-0.39, 0.29) is 10.8 Å². The first-order chi connectivity index (χ1) is 7.66. The van der Waals surface area contributed by atoms with E-state index in [0.717, 1.165) is 25.1 Å². The van der Waals surface area contributed by atoms with Crippen molar-refractivity contribution in [2.24, 2.45) is 5.92 Å². The first kappa shape index (κ1) is 11.7. The van der Waals surface area contributed by atoms with Crippen LogP contribution in [-0.2, 0) is 6.42 Å². The summed E-state index contributed by atoms with van der Waals surface area (Å²) < 4.78 is 13.1. The summed E-state index contributed by atoms with van der Waals surface area (Å²) in [6.45, 7) is 2.06. The van der Waals surface area contributed by atoms with Gasteiger partial charge in [-0.15, -0.1) is 0 Å². The van der Waals surface area contributed by atoms with E-state index < -0.39 is 5.82 Å². The highest BCUT2D eigenvalue weighted by molar-refractivity contribution is 6.30. The lowest BCUT2D eigenvalue weighted by Crippen LogP contribution is -2.30. The van der Waals surface area contributed by atoms with E-state index >= 15 is 0 Å². The van der Waals surface area contributed by atoms with Crippen LogP contribution in [0.5, 0.6) is 5.75 Å². The average Bonchev–Trinajstić information content (AvgIpc) is 2.27. The van der Waals surface area contributed by atoms with Crippen molar-refractivity contribution in [3.63, 3.8) is 0 Å². The summed E-state index contributed by atoms with van der Waals surface area (Å²) in [6, 6.07) is 3.07. The molecule has 0 saturated carbocycles. The predicted molar refractivity (Wildman–Crippen MR) is 62.4 cm³/mol. The third-order valence-electron chi connectivity index (χ3n) is 2.99. The monoisotopic (exact) mass is 243 g/mol. The summed E-state index contributed by atoms with van der Waals surface area (Å²) in [6.07, 6.45) is 3.18. The number of halogens is 2. The Morgan fingerprint density at radius 3 is 2.94 bits per heavy atom. The number of hydrogen-bond donors (Lipinski definition) is 2. The number of benzene rings is 1. The standard InChI is InChI=1S/C12H15ClFNO/c13-10-5-9(6-11(16)12(10)14)4-8-2-1-3-15-7-8/h5-6,8,15-16H,1-4,7H2. The lowest BCUT2D eigenvalue weighted by atomic mass is 9.92. The summed E-state index contributed by atoms with van der Waals surface area (Å²) in [4.78, 5) is 0. The second kappa shape index (κ2) is 5.02. The molecule has 2 rings (SSSR count). The van der Waals surface area contributed by atoms with E-state index in [4.69, 9.17) is 11.6 Å². The van der Waals surface area contributed by atoms with E-state index in [0.29, 0.717) is 5.92 Å². The molecule has 16 heavy (non-hydrogen) atoms. The molecule has 2 N–H and O–H groups in total. The fraction of sp³-hybridized carbons (Fsp3) is 0.500. The average molecular weight is 244 g/mol. The molecule has 4 heteroatoms. The molecule has 2 nitrogen and oxygen atoms in total. The minimum absolute atomic E-state index is 0.00114. The van der Waals surface area contributed by atoms with Crippen LogP contribution in [0.15, 0.2) is 12.1 Å². The van der Waals surface area contributed by atoms with Gasteiger partial charge in [-0.05, 0) is 56.0 Å². The van der Waals surface area contributed by atoms with Crippen LogP contribution >= 0.6 is 11.6 Å². The van der Waals surface area contributed by atoms with Gasteiger partial charge in [-0.3, -0.25) is 0 Å². The van der Waals surface area contributed by atoms with Crippen LogP contribution in [0.3, 0.4) is 0 Å². The lowest BCUT2D eigenvalue weighted by Gasteiger charge is -2.22. The van der Waals surface area contributed by atoms with Gasteiger partial charge in [-0.2, -0.15) is 0 Å². The maximum Gasteiger partial charge on any atom is 0.183 e. The smallest absolute Gasteiger partial charge is 0.183 e. The zero-order chi connectivity index (χ0) is 11.5. The lowest BCUT2D eigenvalue weighted by molar-refractivity contribution is 0.374. The maximum absolute atomic E-state index is 13.1. The van der Waals surface area contributed by atoms with Gasteiger partial charge in [0.15, 0.2) is 11.6 Å². The number of phenols is 1. The van der Waals surface area contributed by atoms with E-state index in [1.807, 2.05) is 0 Å². The van der Waals surface area contributed by atoms with Gasteiger partial charge in [-0.25, -0.2) is 4.39 Å². The third kappa shape index (κ3) is 2.66. The van der Waals surface area contributed by atoms with Crippen molar-refractivity contribution in [3.05, 3.63) is 28.5 Å². The van der Waals surface area contributed by atoms with Gasteiger partial charge in [0, 0.05) is 0 Å². The number of piperidine rings is 1. The molecule has 1 saturated heterocycles. The molecular weight excluding hydrogens is 229 g/mol. The topological polar surface area (TPSA) is 32.3 Å². The Kier molecular flexibility index (Phi) is 3.66. The summed E-state index contributed by atoms with van der Waals surface area (Å²) in [5.41, 5.74) is 0.901. The van der Waals surface area contributed by atoms with Crippen molar-refractivity contribution >= 4 is 11.6 Å². The Bertz CT molecular complexity index is 354. The van der Waals surface area contributed by atoms with Crippen LogP contribution in [0.4, 0.5) is 4.39 Å². The van der Waals surface area contributed by atoms with Gasteiger partial charge in [0.2, 0.25) is 0 Å². The fourth-order valence-electron chi connectivity index (χ4n) is 2.18. The zero-order valence-corrected chi connectivity index (χ0v) is 9.73. The molecule has 0 aliphatic carbocycles. The Labute approximate surface area is 99.4 Å². The molecule has 1 heterocycles. The molecule has 1 atom stereocenters. The predicted octanol–water partition coefficient (Wildman–Crippen LogP) is 2.73. The summed E-state index contributed by atoms with van der Waals surface area (Å²) >= 11 is 5.69. The van der Waals surface area contributed by atoms with Crippen molar-refractivity contribution in [2.75, 3.05) is 13.1 Å². The van der Waals surface area contributed by atoms with Crippen LogP contribution in [-0.4, -0.2) is 18.2 Å². The van der Waals surface area contributed by atoms with Crippen molar-refractivity contribution in [3.8, 4) is 5.75 Å². The van der Waals surface area contributed by atoms with Gasteiger partial charge in [0.05, 0.1) is 5.02 Å². The third-order valence-corrected chi connectivity index (χ3v) is 3.27. The molecule has 1 unspecified atom stereocenters. The summed E-state index contributed by atoms with van der Waals surface area (Å²) in [5.74, 6) is -0.534. The first-order valence-corrected chi connectivity index (χ1v) is 5.92. The maximum atomic E-state index is 13.1. The molecule has 0 spiro atoms. The summed E-state index contributed by atoms with van der Waals surface area (Å²) in [5, 5.41) is 12.7. The molecule has 0 amide bonds. The van der Waals surface area contributed by atoms with Gasteiger partial charge >= 0.3 is 0 Å². The Balaban J connectivity index is 2.09. The quantitative estimate of drug-likeness (QED) is 0.837. The van der Waals surface area contributed by atoms with Gasteiger partial charge in [0.25, 0.3) is 0 Å². The van der Waals surface area contributed by atoms with Crippen LogP contribution in [0.25, 0.3) is 0 Å². The second-order valence-corrected chi connectivity index (χ2v) is 4.73. The number of aromatic hydroxyl groups is 1. The number of nitrogens with one attached hydrogen (secondary N) is 1. The van der Waals surface area contributed by atoms with E-state index in [1.165, 1.54) is 18.9 Å². The Hall–Kier alpha value is -0.800. The van der Waals surface area contributed by atoms with Gasteiger partial charge < -0.3 is 10.4 Å². The van der Waals surface area contributed by atoms with E-state index in [9.17, 15) is 9.50 Å². The number of phenolic OH excluding ortho intramolecular Hbond substituents is 1. The molecule has 1 aromatic carbocycles. The molecule has 1 aromatic rings. The molecule has 0 aromatic heterocycles. The highest BCUT2D eigenvalue weighted by Gasteiger charge is 2.15. The molecule has 1 aliphatic heterocycles. The minimum Gasteiger partial charge on any atom is -0.505 e. The normalized spacial score (nSPS) is 21.0. The second-order valence-electron chi connectivity index (χ2n) is 4.33. The molecule has 0 bridgehead atoms. The fourth-order valence-corrected chi connectivity index (χ4v) is 2.42. The Morgan fingerprint density at radius 2 is 2.31 bits per heavy atom. The number of hydrogen-bond acceptors (Lipinski definition) is 2. The van der Waals surface area contributed by atoms with Gasteiger partial charge in [0.1, 0.15) is 0 Å². The molecule has 0 radical (unpaired) electrons. The van der Waals surface area contributed by atoms with Gasteiger partial charge in [-0.1, -0.05) is 11.6 Å². The highest BCUT2D eigenvalue weighted by Crippen LogP contribution is 2.27. The molecule has 88 valence electrons. The molecule has 1 fully saturated rings. The van der Waals surface area contributed by atoms with Crippen LogP contribution < -0.4 is 5.32 Å². The van der Waals surface area contributed by atoms with Crippen molar-refractivity contribution in [2.45, 2.75) is 19.3 Å². The SMILES string of the molecule is Oc1cc(CC2CCCNC2)cc(Cl)c1F. The van der Waals surface area contributed by atoms with Crippen LogP contribution in [0, 0.1) is 11.7 Å². The van der Waals surface area contributed by atoms with E-state index in [2.05, 4.69) is 5.32 Å².